The van der Waals surface area contributed by atoms with Crippen molar-refractivity contribution in [3.05, 3.63) is 64.7 Å². The lowest BCUT2D eigenvalue weighted by molar-refractivity contribution is -0.386. The van der Waals surface area contributed by atoms with E-state index in [1.54, 1.807) is 36.4 Å². The summed E-state index contributed by atoms with van der Waals surface area (Å²) in [6, 6.07) is 14.9. The fraction of sp³-hybridized carbons (Fsp3) is 0.133. The summed E-state index contributed by atoms with van der Waals surface area (Å²) in [6.45, 7) is 1.54. The van der Waals surface area contributed by atoms with Crippen LogP contribution in [-0.2, 0) is 4.79 Å². The molecule has 2 aromatic carbocycles. The van der Waals surface area contributed by atoms with Gasteiger partial charge < -0.3 is 10.1 Å². The Kier molecular flexibility index (Phi) is 4.50. The highest BCUT2D eigenvalue weighted by Gasteiger charge is 2.20. The molecule has 0 bridgehead atoms. The van der Waals surface area contributed by atoms with E-state index < -0.39 is 11.0 Å². The molecule has 0 radical (unpaired) electrons. The number of benzene rings is 2. The van der Waals surface area contributed by atoms with Crippen molar-refractivity contribution in [1.29, 1.82) is 0 Å². The summed E-state index contributed by atoms with van der Waals surface area (Å²) in [4.78, 5) is 22.3. The van der Waals surface area contributed by atoms with E-state index in [1.165, 1.54) is 19.1 Å². The Hall–Kier alpha value is -2.89. The molecule has 2 rings (SSSR count). The highest BCUT2D eigenvalue weighted by molar-refractivity contribution is 5.94. The second-order valence-electron chi connectivity index (χ2n) is 4.34. The number of rotatable bonds is 5. The minimum atomic E-state index is -0.855. The average Bonchev–Trinajstić information content (AvgIpc) is 2.48. The molecule has 0 aliphatic rings. The minimum absolute atomic E-state index is 0.0678. The first kappa shape index (κ1) is 14.5. The highest BCUT2D eigenvalue weighted by Crippen LogP contribution is 2.26. The number of hydrogen-bond acceptors (Lipinski definition) is 4. The van der Waals surface area contributed by atoms with Crippen LogP contribution < -0.4 is 10.1 Å². The number of nitrogens with one attached hydrogen (secondary N) is 1. The third-order valence-corrected chi connectivity index (χ3v) is 2.78. The van der Waals surface area contributed by atoms with Crippen LogP contribution in [0.3, 0.4) is 0 Å². The Morgan fingerprint density at radius 2 is 1.76 bits per heavy atom. The molecule has 6 nitrogen and oxygen atoms in total. The van der Waals surface area contributed by atoms with Crippen LogP contribution >= 0.6 is 0 Å². The van der Waals surface area contributed by atoms with Gasteiger partial charge >= 0.3 is 5.69 Å². The molecule has 0 fully saturated rings. The van der Waals surface area contributed by atoms with Gasteiger partial charge in [-0.2, -0.15) is 0 Å². The van der Waals surface area contributed by atoms with E-state index in [0.717, 1.165) is 0 Å². The Bertz CT molecular complexity index is 643. The van der Waals surface area contributed by atoms with Gasteiger partial charge in [-0.05, 0) is 25.1 Å². The van der Waals surface area contributed by atoms with E-state index in [0.29, 0.717) is 5.69 Å². The number of anilines is 1. The SMILES string of the molecule is C[C@@H](Oc1ccccc1[N+](=O)[O-])C(=O)Nc1ccccc1. The van der Waals surface area contributed by atoms with Crippen molar-refractivity contribution in [2.24, 2.45) is 0 Å². The summed E-state index contributed by atoms with van der Waals surface area (Å²) in [7, 11) is 0. The molecule has 1 amide bonds. The van der Waals surface area contributed by atoms with Crippen molar-refractivity contribution in [3.63, 3.8) is 0 Å². The lowest BCUT2D eigenvalue weighted by Crippen LogP contribution is -2.30. The number of hydrogen-bond donors (Lipinski definition) is 1. The molecule has 0 aliphatic heterocycles. The summed E-state index contributed by atoms with van der Waals surface area (Å²) >= 11 is 0. The van der Waals surface area contributed by atoms with Gasteiger partial charge in [0.1, 0.15) is 0 Å². The van der Waals surface area contributed by atoms with E-state index in [2.05, 4.69) is 5.32 Å². The standard InChI is InChI=1S/C15H14N2O4/c1-11(15(18)16-12-7-3-2-4-8-12)21-14-10-6-5-9-13(14)17(19)20/h2-11H,1H3,(H,16,18)/t11-/m1/s1. The van der Waals surface area contributed by atoms with E-state index in [4.69, 9.17) is 4.74 Å². The molecule has 0 heterocycles. The van der Waals surface area contributed by atoms with Crippen molar-refractivity contribution in [2.45, 2.75) is 13.0 Å². The van der Waals surface area contributed by atoms with Gasteiger partial charge in [0.2, 0.25) is 0 Å². The normalized spacial score (nSPS) is 11.5. The molecule has 0 spiro atoms. The monoisotopic (exact) mass is 286 g/mol. The smallest absolute Gasteiger partial charge is 0.310 e. The fourth-order valence-corrected chi connectivity index (χ4v) is 1.72. The number of nitro benzene ring substituents is 1. The summed E-state index contributed by atoms with van der Waals surface area (Å²) < 4.78 is 5.39. The zero-order valence-electron chi connectivity index (χ0n) is 11.4. The van der Waals surface area contributed by atoms with E-state index >= 15 is 0 Å². The van der Waals surface area contributed by atoms with Crippen LogP contribution in [0.2, 0.25) is 0 Å². The van der Waals surface area contributed by atoms with E-state index in [1.807, 2.05) is 6.07 Å². The molecule has 6 heteroatoms. The van der Waals surface area contributed by atoms with Gasteiger partial charge in [0, 0.05) is 11.8 Å². The van der Waals surface area contributed by atoms with Crippen molar-refractivity contribution in [3.8, 4) is 5.75 Å². The van der Waals surface area contributed by atoms with Gasteiger partial charge in [-0.3, -0.25) is 14.9 Å². The molecule has 0 unspecified atom stereocenters. The fourth-order valence-electron chi connectivity index (χ4n) is 1.72. The first-order valence-electron chi connectivity index (χ1n) is 6.34. The van der Waals surface area contributed by atoms with Crippen molar-refractivity contribution in [2.75, 3.05) is 5.32 Å². The van der Waals surface area contributed by atoms with Gasteiger partial charge in [-0.25, -0.2) is 0 Å². The maximum absolute atomic E-state index is 12.0. The van der Waals surface area contributed by atoms with Crippen LogP contribution in [0.5, 0.6) is 5.75 Å². The molecular weight excluding hydrogens is 272 g/mol. The third kappa shape index (κ3) is 3.79. The first-order chi connectivity index (χ1) is 10.1. The zero-order chi connectivity index (χ0) is 15.2. The topological polar surface area (TPSA) is 81.5 Å². The number of para-hydroxylation sites is 3. The number of carbonyl (C=O) groups excluding carboxylic acids is 1. The number of ether oxygens (including phenoxy) is 1. The molecule has 0 saturated heterocycles. The van der Waals surface area contributed by atoms with Crippen LogP contribution in [0.4, 0.5) is 11.4 Å². The van der Waals surface area contributed by atoms with E-state index in [-0.39, 0.29) is 17.3 Å². The van der Waals surface area contributed by atoms with Crippen LogP contribution in [0.1, 0.15) is 6.92 Å². The Morgan fingerprint density at radius 3 is 2.43 bits per heavy atom. The number of nitro groups is 1. The van der Waals surface area contributed by atoms with Crippen molar-refractivity contribution in [1.82, 2.24) is 0 Å². The quantitative estimate of drug-likeness (QED) is 0.676. The molecule has 0 saturated carbocycles. The van der Waals surface area contributed by atoms with Gasteiger partial charge in [-0.1, -0.05) is 30.3 Å². The Labute approximate surface area is 121 Å². The number of nitrogens with zero attached hydrogens (tertiary/aromatic N) is 1. The molecule has 1 N–H and O–H groups in total. The summed E-state index contributed by atoms with van der Waals surface area (Å²) in [5.74, 6) is -0.308. The second kappa shape index (κ2) is 6.51. The predicted octanol–water partition coefficient (Wildman–Crippen LogP) is 3.00. The maximum Gasteiger partial charge on any atom is 0.310 e. The predicted molar refractivity (Wildman–Crippen MR) is 78.3 cm³/mol. The molecule has 0 aliphatic carbocycles. The molecule has 21 heavy (non-hydrogen) atoms. The molecular formula is C15H14N2O4. The van der Waals surface area contributed by atoms with Gasteiger partial charge in [0.15, 0.2) is 11.9 Å². The average molecular weight is 286 g/mol. The largest absolute Gasteiger partial charge is 0.474 e. The van der Waals surface area contributed by atoms with E-state index in [9.17, 15) is 14.9 Å². The van der Waals surface area contributed by atoms with Crippen molar-refractivity contribution >= 4 is 17.3 Å². The number of amides is 1. The molecule has 1 atom stereocenters. The highest BCUT2D eigenvalue weighted by atomic mass is 16.6. The van der Waals surface area contributed by atoms with Crippen LogP contribution in [0.25, 0.3) is 0 Å². The lowest BCUT2D eigenvalue weighted by atomic mass is 10.2. The van der Waals surface area contributed by atoms with Gasteiger partial charge in [-0.15, -0.1) is 0 Å². The van der Waals surface area contributed by atoms with Gasteiger partial charge in [0.25, 0.3) is 5.91 Å². The van der Waals surface area contributed by atoms with Crippen LogP contribution in [-0.4, -0.2) is 16.9 Å². The van der Waals surface area contributed by atoms with Gasteiger partial charge in [0.05, 0.1) is 4.92 Å². The summed E-state index contributed by atoms with van der Waals surface area (Å²) in [5.41, 5.74) is 0.470. The zero-order valence-corrected chi connectivity index (χ0v) is 11.4. The molecule has 2 aromatic rings. The number of carbonyl (C=O) groups is 1. The summed E-state index contributed by atoms with van der Waals surface area (Å²) in [5, 5.41) is 13.6. The minimum Gasteiger partial charge on any atom is -0.474 e. The Morgan fingerprint density at radius 1 is 1.14 bits per heavy atom. The maximum atomic E-state index is 12.0. The first-order valence-corrected chi connectivity index (χ1v) is 6.34. The lowest BCUT2D eigenvalue weighted by Gasteiger charge is -2.14. The summed E-state index contributed by atoms with van der Waals surface area (Å²) in [6.07, 6.45) is -0.855. The van der Waals surface area contributed by atoms with Crippen LogP contribution in [0.15, 0.2) is 54.6 Å². The Balaban J connectivity index is 2.06. The molecule has 0 aromatic heterocycles. The molecule has 108 valence electrons. The third-order valence-electron chi connectivity index (χ3n) is 2.78. The van der Waals surface area contributed by atoms with Crippen LogP contribution in [0, 0.1) is 10.1 Å². The van der Waals surface area contributed by atoms with Crippen molar-refractivity contribution < 1.29 is 14.5 Å². The second-order valence-corrected chi connectivity index (χ2v) is 4.34.